The van der Waals surface area contributed by atoms with E-state index in [1.165, 1.54) is 11.9 Å². The van der Waals surface area contributed by atoms with Gasteiger partial charge in [-0.2, -0.15) is 10.1 Å². The van der Waals surface area contributed by atoms with Crippen molar-refractivity contribution < 1.29 is 23.3 Å². The van der Waals surface area contributed by atoms with Gasteiger partial charge >= 0.3 is 0 Å². The number of nitrogens with zero attached hydrogens (tertiary/aromatic N) is 7. The Balaban J connectivity index is 0.880. The fraction of sp³-hybridized carbons (Fsp3) is 0.366. The summed E-state index contributed by atoms with van der Waals surface area (Å²) in [4.78, 5) is 52.6. The van der Waals surface area contributed by atoms with Crippen LogP contribution in [-0.2, 0) is 28.1 Å². The van der Waals surface area contributed by atoms with E-state index in [0.29, 0.717) is 43.6 Å². The van der Waals surface area contributed by atoms with Crippen LogP contribution in [0, 0.1) is 6.92 Å². The van der Waals surface area contributed by atoms with Crippen molar-refractivity contribution in [1.29, 1.82) is 0 Å². The number of carbonyl (C=O) groups excluding carboxylic acids is 3. The molecule has 14 heteroatoms. The fourth-order valence-corrected chi connectivity index (χ4v) is 7.36. The maximum atomic E-state index is 12.7. The Kier molecular flexibility index (Phi) is 9.59. The van der Waals surface area contributed by atoms with E-state index in [4.69, 9.17) is 13.9 Å². The lowest BCUT2D eigenvalue weighted by molar-refractivity contribution is -0.134. The summed E-state index contributed by atoms with van der Waals surface area (Å²) < 4.78 is 13.0. The number of hydrogen-bond acceptors (Lipinski definition) is 11. The zero-order chi connectivity index (χ0) is 38.3. The van der Waals surface area contributed by atoms with Gasteiger partial charge in [0.1, 0.15) is 12.6 Å². The summed E-state index contributed by atoms with van der Waals surface area (Å²) >= 11 is 0. The molecular formula is C41H43N9O5. The van der Waals surface area contributed by atoms with E-state index in [9.17, 15) is 14.4 Å². The first-order valence-electron chi connectivity index (χ1n) is 18.6. The van der Waals surface area contributed by atoms with E-state index in [1.54, 1.807) is 10.8 Å². The van der Waals surface area contributed by atoms with Gasteiger partial charge in [-0.15, -0.1) is 0 Å². The van der Waals surface area contributed by atoms with Crippen molar-refractivity contribution in [2.24, 2.45) is 0 Å². The zero-order valence-corrected chi connectivity index (χ0v) is 31.3. The monoisotopic (exact) mass is 741 g/mol. The third-order valence-electron chi connectivity index (χ3n) is 10.6. The Labute approximate surface area is 317 Å². The van der Waals surface area contributed by atoms with Gasteiger partial charge in [-0.25, -0.2) is 14.5 Å². The minimum Gasteiger partial charge on any atom is -0.444 e. The minimum absolute atomic E-state index is 0.0129. The lowest BCUT2D eigenvalue weighted by atomic mass is 9.86. The summed E-state index contributed by atoms with van der Waals surface area (Å²) in [6, 6.07) is 16.4. The van der Waals surface area contributed by atoms with E-state index < -0.39 is 5.91 Å². The summed E-state index contributed by atoms with van der Waals surface area (Å²) in [5.41, 5.74) is 8.03. The molecule has 2 N–H and O–H groups in total. The molecule has 0 bridgehead atoms. The number of piperidine rings is 2. The van der Waals surface area contributed by atoms with E-state index in [-0.39, 0.29) is 29.0 Å². The number of rotatable bonds is 9. The smallest absolute Gasteiger partial charge is 0.292 e. The van der Waals surface area contributed by atoms with Crippen LogP contribution in [0.4, 0.5) is 0 Å². The number of aromatic nitrogens is 6. The largest absolute Gasteiger partial charge is 0.444 e. The van der Waals surface area contributed by atoms with E-state index in [2.05, 4.69) is 47.9 Å². The molecule has 3 amide bonds. The maximum Gasteiger partial charge on any atom is 0.292 e. The van der Waals surface area contributed by atoms with Gasteiger partial charge < -0.3 is 14.3 Å². The summed E-state index contributed by atoms with van der Waals surface area (Å²) in [5.74, 6) is 0.355. The summed E-state index contributed by atoms with van der Waals surface area (Å²) in [6.45, 7) is 10.7. The first-order valence-corrected chi connectivity index (χ1v) is 18.6. The molecule has 2 saturated heterocycles. The van der Waals surface area contributed by atoms with Gasteiger partial charge in [0.05, 0.1) is 28.4 Å². The molecule has 55 heavy (non-hydrogen) atoms. The van der Waals surface area contributed by atoms with Crippen molar-refractivity contribution in [3.8, 4) is 22.7 Å². The van der Waals surface area contributed by atoms with Crippen molar-refractivity contribution in [3.05, 3.63) is 107 Å². The lowest BCUT2D eigenvalue weighted by Gasteiger charge is -2.31. The van der Waals surface area contributed by atoms with E-state index >= 15 is 0 Å². The van der Waals surface area contributed by atoms with Crippen LogP contribution < -0.4 is 10.6 Å². The fourth-order valence-electron chi connectivity index (χ4n) is 7.36. The van der Waals surface area contributed by atoms with Gasteiger partial charge in [0.15, 0.2) is 0 Å². The molecule has 282 valence electrons. The molecule has 6 aromatic rings. The van der Waals surface area contributed by atoms with Gasteiger partial charge in [0.25, 0.3) is 11.7 Å². The number of oxazole rings is 1. The number of hydrogen-bond donors (Lipinski definition) is 2. The number of imide groups is 1. The Morgan fingerprint density at radius 2 is 1.76 bits per heavy atom. The average Bonchev–Trinajstić information content (AvgIpc) is 3.95. The Bertz CT molecular complexity index is 2380. The first kappa shape index (κ1) is 36.0. The molecule has 0 saturated carbocycles. The predicted molar refractivity (Wildman–Crippen MR) is 202 cm³/mol. The van der Waals surface area contributed by atoms with Crippen LogP contribution in [0.25, 0.3) is 28.2 Å². The molecule has 2 aliphatic heterocycles. The molecule has 0 spiro atoms. The van der Waals surface area contributed by atoms with Crippen molar-refractivity contribution in [1.82, 2.24) is 45.3 Å². The van der Waals surface area contributed by atoms with Crippen LogP contribution in [0.15, 0.2) is 76.3 Å². The third-order valence-corrected chi connectivity index (χ3v) is 10.6. The normalized spacial score (nSPS) is 17.1. The summed E-state index contributed by atoms with van der Waals surface area (Å²) in [5, 5.41) is 13.6. The standard InChI is InChI=1S/C41H43N9O5/c1-24-17-28(9-10-29(24)19-42-38(53)36-47-40(55-48-36)41(2,3)4)35-33-18-30(20-50(33)44-23-43-35)39-45-31(22-54-39)21-49-15-13-26(14-16-49)25-5-7-27(8-6-25)32-11-12-34(51)46-37(32)52/h5-10,17-18,20,22-23,26,32H,11-16,19,21H2,1-4H3,(H,42,53)(H,46,51,52). The molecule has 2 aliphatic rings. The van der Waals surface area contributed by atoms with Gasteiger partial charge in [-0.3, -0.25) is 24.6 Å². The van der Waals surface area contributed by atoms with Crippen LogP contribution in [0.2, 0.25) is 0 Å². The summed E-state index contributed by atoms with van der Waals surface area (Å²) in [7, 11) is 0. The van der Waals surface area contributed by atoms with Gasteiger partial charge in [0, 0.05) is 36.7 Å². The Hall–Kier alpha value is -6.02. The van der Waals surface area contributed by atoms with E-state index in [1.807, 2.05) is 70.3 Å². The topological polar surface area (TPSA) is 174 Å². The number of nitrogens with one attached hydrogen (secondary N) is 2. The molecule has 8 rings (SSSR count). The van der Waals surface area contributed by atoms with Crippen LogP contribution in [0.5, 0.6) is 0 Å². The highest BCUT2D eigenvalue weighted by atomic mass is 16.5. The highest BCUT2D eigenvalue weighted by Gasteiger charge is 2.29. The maximum absolute atomic E-state index is 12.7. The van der Waals surface area contributed by atoms with Crippen molar-refractivity contribution in [3.63, 3.8) is 0 Å². The molecule has 4 aromatic heterocycles. The first-order chi connectivity index (χ1) is 26.5. The number of fused-ring (bicyclic) bond motifs is 1. The van der Waals surface area contributed by atoms with Crippen LogP contribution in [-0.4, -0.2) is 65.4 Å². The molecule has 0 aliphatic carbocycles. The molecule has 6 heterocycles. The van der Waals surface area contributed by atoms with Gasteiger partial charge in [0.2, 0.25) is 23.6 Å². The number of likely N-dealkylation sites (tertiary alicyclic amines) is 1. The Morgan fingerprint density at radius 1 is 0.982 bits per heavy atom. The second-order valence-electron chi connectivity index (χ2n) is 15.5. The quantitative estimate of drug-likeness (QED) is 0.170. The third kappa shape index (κ3) is 7.67. The zero-order valence-electron chi connectivity index (χ0n) is 31.3. The van der Waals surface area contributed by atoms with Gasteiger partial charge in [-0.05, 0) is 79.6 Å². The molecule has 2 fully saturated rings. The highest BCUT2D eigenvalue weighted by Crippen LogP contribution is 2.33. The highest BCUT2D eigenvalue weighted by molar-refractivity contribution is 6.01. The summed E-state index contributed by atoms with van der Waals surface area (Å²) in [6.07, 6.45) is 8.16. The van der Waals surface area contributed by atoms with Crippen LogP contribution in [0.3, 0.4) is 0 Å². The molecule has 14 nitrogen and oxygen atoms in total. The predicted octanol–water partition coefficient (Wildman–Crippen LogP) is 5.87. The average molecular weight is 742 g/mol. The second-order valence-corrected chi connectivity index (χ2v) is 15.5. The second kappa shape index (κ2) is 14.7. The number of benzene rings is 2. The van der Waals surface area contributed by atoms with Crippen molar-refractivity contribution in [2.45, 2.75) is 83.7 Å². The van der Waals surface area contributed by atoms with Crippen molar-refractivity contribution >= 4 is 23.2 Å². The van der Waals surface area contributed by atoms with Crippen molar-refractivity contribution in [2.75, 3.05) is 13.1 Å². The number of carbonyl (C=O) groups is 3. The number of amides is 3. The molecule has 2 aromatic carbocycles. The SMILES string of the molecule is Cc1cc(-c2ncnn3cc(-c4nc(CN5CCC(c6ccc(C7CCC(=O)NC7=O)cc6)CC5)co4)cc23)ccc1CNC(=O)c1noc(C(C)(C)C)n1. The minimum atomic E-state index is -0.395. The van der Waals surface area contributed by atoms with Gasteiger partial charge in [-0.1, -0.05) is 62.3 Å². The lowest BCUT2D eigenvalue weighted by Crippen LogP contribution is -2.39. The van der Waals surface area contributed by atoms with Crippen LogP contribution >= 0.6 is 0 Å². The Morgan fingerprint density at radius 3 is 2.49 bits per heavy atom. The molecular weight excluding hydrogens is 699 g/mol. The molecule has 1 unspecified atom stereocenters. The molecule has 1 atom stereocenters. The van der Waals surface area contributed by atoms with Crippen LogP contribution in [0.1, 0.15) is 103 Å². The molecule has 0 radical (unpaired) electrons. The van der Waals surface area contributed by atoms with E-state index in [0.717, 1.165) is 70.7 Å². The number of aryl methyl sites for hydroxylation is 1.